The SMILES string of the molecule is Cn1nc(C(F)(F)F)c2cc(C(=O)Nc3ccn(Cc4ccc(Cl)cc4Cl)n3)sc21. The minimum atomic E-state index is -4.60. The number of thiophene rings is 1. The van der Waals surface area contributed by atoms with E-state index < -0.39 is 17.8 Å². The van der Waals surface area contributed by atoms with Crippen molar-refractivity contribution >= 4 is 56.5 Å². The van der Waals surface area contributed by atoms with Crippen LogP contribution in [0.3, 0.4) is 0 Å². The standard InChI is InChI=1S/C18H12Cl2F3N5OS/c1-27-17-11(15(26-27)18(21,22)23)7-13(30-17)16(29)24-14-4-5-28(25-14)8-9-2-3-10(19)6-12(9)20/h2-7H,8H2,1H3,(H,24,25,29). The number of alkyl halides is 3. The van der Waals surface area contributed by atoms with Gasteiger partial charge in [0, 0.05) is 34.7 Å². The minimum absolute atomic E-state index is 0.108. The summed E-state index contributed by atoms with van der Waals surface area (Å²) >= 11 is 13.0. The molecule has 3 aromatic heterocycles. The van der Waals surface area contributed by atoms with Crippen molar-refractivity contribution < 1.29 is 18.0 Å². The van der Waals surface area contributed by atoms with Gasteiger partial charge in [0.25, 0.3) is 5.91 Å². The second kappa shape index (κ2) is 7.60. The summed E-state index contributed by atoms with van der Waals surface area (Å²) in [5.74, 6) is -0.296. The van der Waals surface area contributed by atoms with Gasteiger partial charge in [0.15, 0.2) is 11.5 Å². The van der Waals surface area contributed by atoms with Crippen molar-refractivity contribution in [3.63, 3.8) is 0 Å². The molecule has 4 rings (SSSR count). The van der Waals surface area contributed by atoms with Crippen LogP contribution in [0.25, 0.3) is 10.2 Å². The molecule has 0 fully saturated rings. The average molecular weight is 474 g/mol. The lowest BCUT2D eigenvalue weighted by atomic mass is 10.2. The molecule has 3 heterocycles. The number of nitrogens with zero attached hydrogens (tertiary/aromatic N) is 4. The van der Waals surface area contributed by atoms with Gasteiger partial charge in [-0.15, -0.1) is 11.3 Å². The lowest BCUT2D eigenvalue weighted by Gasteiger charge is -2.05. The third-order valence-electron chi connectivity index (χ3n) is 4.23. The third-order valence-corrected chi connectivity index (χ3v) is 6.02. The minimum Gasteiger partial charge on any atom is -0.304 e. The van der Waals surface area contributed by atoms with E-state index in [0.29, 0.717) is 16.6 Å². The second-order valence-electron chi connectivity index (χ2n) is 6.39. The molecule has 0 unspecified atom stereocenters. The molecule has 0 saturated heterocycles. The van der Waals surface area contributed by atoms with Crippen LogP contribution >= 0.6 is 34.5 Å². The normalized spacial score (nSPS) is 11.9. The summed E-state index contributed by atoms with van der Waals surface area (Å²) in [6.07, 6.45) is -2.95. The molecule has 0 saturated carbocycles. The van der Waals surface area contributed by atoms with E-state index in [1.807, 2.05) is 0 Å². The van der Waals surface area contributed by atoms with E-state index in [4.69, 9.17) is 23.2 Å². The Labute approximate surface area is 181 Å². The van der Waals surface area contributed by atoms with Gasteiger partial charge in [-0.2, -0.15) is 23.4 Å². The number of aryl methyl sites for hydroxylation is 1. The highest BCUT2D eigenvalue weighted by atomic mass is 35.5. The van der Waals surface area contributed by atoms with Crippen LogP contribution in [0, 0.1) is 0 Å². The Morgan fingerprint density at radius 2 is 1.97 bits per heavy atom. The van der Waals surface area contributed by atoms with Crippen molar-refractivity contribution in [1.29, 1.82) is 0 Å². The molecule has 1 N–H and O–H groups in total. The van der Waals surface area contributed by atoms with Gasteiger partial charge in [-0.1, -0.05) is 29.3 Å². The smallest absolute Gasteiger partial charge is 0.304 e. The molecular formula is C18H12Cl2F3N5OS. The van der Waals surface area contributed by atoms with Gasteiger partial charge in [0.2, 0.25) is 0 Å². The Morgan fingerprint density at radius 1 is 1.20 bits per heavy atom. The molecule has 0 aliphatic carbocycles. The lowest BCUT2D eigenvalue weighted by molar-refractivity contribution is -0.140. The maximum Gasteiger partial charge on any atom is 0.435 e. The number of benzene rings is 1. The van der Waals surface area contributed by atoms with E-state index in [1.54, 1.807) is 35.1 Å². The molecule has 30 heavy (non-hydrogen) atoms. The first-order chi connectivity index (χ1) is 14.1. The summed E-state index contributed by atoms with van der Waals surface area (Å²) in [5.41, 5.74) is -0.224. The molecule has 1 amide bonds. The predicted molar refractivity (Wildman–Crippen MR) is 109 cm³/mol. The van der Waals surface area contributed by atoms with Gasteiger partial charge >= 0.3 is 6.18 Å². The molecule has 0 aliphatic rings. The maximum atomic E-state index is 13.1. The van der Waals surface area contributed by atoms with Crippen LogP contribution in [-0.4, -0.2) is 25.5 Å². The molecule has 0 radical (unpaired) electrons. The fourth-order valence-corrected chi connectivity index (χ4v) is 4.32. The van der Waals surface area contributed by atoms with Gasteiger partial charge in [-0.25, -0.2) is 0 Å². The summed E-state index contributed by atoms with van der Waals surface area (Å²) in [6, 6.07) is 7.87. The fourth-order valence-electron chi connectivity index (χ4n) is 2.88. The average Bonchev–Trinajstić information content (AvgIpc) is 3.34. The molecule has 6 nitrogen and oxygen atoms in total. The Balaban J connectivity index is 1.52. The van der Waals surface area contributed by atoms with E-state index >= 15 is 0 Å². The Hall–Kier alpha value is -2.56. The number of halogens is 5. The number of anilines is 1. The van der Waals surface area contributed by atoms with E-state index in [0.717, 1.165) is 21.6 Å². The van der Waals surface area contributed by atoms with Crippen LogP contribution in [0.5, 0.6) is 0 Å². The maximum absolute atomic E-state index is 13.1. The number of rotatable bonds is 4. The van der Waals surface area contributed by atoms with Crippen molar-refractivity contribution in [3.8, 4) is 0 Å². The Kier molecular flexibility index (Phi) is 5.25. The van der Waals surface area contributed by atoms with E-state index in [1.165, 1.54) is 13.1 Å². The first kappa shape index (κ1) is 20.7. The van der Waals surface area contributed by atoms with Crippen molar-refractivity contribution in [2.75, 3.05) is 5.32 Å². The molecule has 156 valence electrons. The highest BCUT2D eigenvalue weighted by Gasteiger charge is 2.37. The van der Waals surface area contributed by atoms with Gasteiger partial charge in [-0.3, -0.25) is 14.2 Å². The van der Waals surface area contributed by atoms with Crippen LogP contribution in [0.1, 0.15) is 20.9 Å². The van der Waals surface area contributed by atoms with Crippen molar-refractivity contribution in [3.05, 3.63) is 62.7 Å². The van der Waals surface area contributed by atoms with E-state index in [9.17, 15) is 18.0 Å². The van der Waals surface area contributed by atoms with Crippen molar-refractivity contribution in [2.45, 2.75) is 12.7 Å². The van der Waals surface area contributed by atoms with Crippen LogP contribution in [-0.2, 0) is 19.8 Å². The number of fused-ring (bicyclic) bond motifs is 1. The zero-order valence-corrected chi connectivity index (χ0v) is 17.5. The molecule has 4 aromatic rings. The summed E-state index contributed by atoms with van der Waals surface area (Å²) in [5, 5.41) is 11.2. The second-order valence-corrected chi connectivity index (χ2v) is 8.26. The molecule has 1 aromatic carbocycles. The predicted octanol–water partition coefficient (Wildman–Crippen LogP) is 5.46. The summed E-state index contributed by atoms with van der Waals surface area (Å²) in [6.45, 7) is 0.357. The van der Waals surface area contributed by atoms with Crippen molar-refractivity contribution in [2.24, 2.45) is 7.05 Å². The monoisotopic (exact) mass is 473 g/mol. The van der Waals surface area contributed by atoms with Crippen LogP contribution < -0.4 is 5.32 Å². The molecule has 0 spiro atoms. The highest BCUT2D eigenvalue weighted by molar-refractivity contribution is 7.20. The highest BCUT2D eigenvalue weighted by Crippen LogP contribution is 2.37. The van der Waals surface area contributed by atoms with Gasteiger partial charge in [0.05, 0.1) is 11.4 Å². The number of hydrogen-bond acceptors (Lipinski definition) is 4. The molecule has 0 aliphatic heterocycles. The number of carbonyl (C=O) groups is 1. The Morgan fingerprint density at radius 3 is 2.67 bits per heavy atom. The first-order valence-corrected chi connectivity index (χ1v) is 10.0. The number of nitrogens with one attached hydrogen (secondary N) is 1. The number of aromatic nitrogens is 4. The van der Waals surface area contributed by atoms with Crippen LogP contribution in [0.4, 0.5) is 19.0 Å². The van der Waals surface area contributed by atoms with E-state index in [2.05, 4.69) is 15.5 Å². The number of carbonyl (C=O) groups excluding carboxylic acids is 1. The van der Waals surface area contributed by atoms with E-state index in [-0.39, 0.29) is 20.9 Å². The van der Waals surface area contributed by atoms with Crippen LogP contribution in [0.2, 0.25) is 10.0 Å². The molecule has 0 bridgehead atoms. The van der Waals surface area contributed by atoms with Gasteiger partial charge in [0.1, 0.15) is 4.83 Å². The first-order valence-electron chi connectivity index (χ1n) is 8.44. The molecule has 0 atom stereocenters. The van der Waals surface area contributed by atoms with Crippen molar-refractivity contribution in [1.82, 2.24) is 19.6 Å². The Bertz CT molecular complexity index is 1260. The summed E-state index contributed by atoms with van der Waals surface area (Å²) in [4.78, 5) is 12.9. The lowest BCUT2D eigenvalue weighted by Crippen LogP contribution is -2.12. The molecular weight excluding hydrogens is 462 g/mol. The summed E-state index contributed by atoms with van der Waals surface area (Å²) < 4.78 is 42.0. The fraction of sp³-hybridized carbons (Fsp3) is 0.167. The topological polar surface area (TPSA) is 64.7 Å². The summed E-state index contributed by atoms with van der Waals surface area (Å²) in [7, 11) is 1.40. The zero-order chi connectivity index (χ0) is 21.6. The van der Waals surface area contributed by atoms with Gasteiger partial charge in [-0.05, 0) is 23.8 Å². The number of hydrogen-bond donors (Lipinski definition) is 1. The number of amides is 1. The van der Waals surface area contributed by atoms with Gasteiger partial charge < -0.3 is 5.32 Å². The third kappa shape index (κ3) is 4.03. The quantitative estimate of drug-likeness (QED) is 0.428. The molecule has 12 heteroatoms. The zero-order valence-electron chi connectivity index (χ0n) is 15.2. The largest absolute Gasteiger partial charge is 0.435 e. The van der Waals surface area contributed by atoms with Crippen LogP contribution in [0.15, 0.2) is 36.5 Å².